The number of ether oxygens (including phenoxy) is 1. The van der Waals surface area contributed by atoms with Gasteiger partial charge in [-0.15, -0.1) is 0 Å². The van der Waals surface area contributed by atoms with E-state index in [1.165, 1.54) is 6.42 Å². The minimum absolute atomic E-state index is 0.309. The van der Waals surface area contributed by atoms with Gasteiger partial charge < -0.3 is 15.2 Å². The fraction of sp³-hybridized carbons (Fsp3) is 0.500. The maximum Gasteiger partial charge on any atom is 0.335 e. The molecule has 0 aliphatic heterocycles. The molecule has 2 rings (SSSR count). The minimum atomic E-state index is -0.884. The first-order valence-corrected chi connectivity index (χ1v) is 6.29. The van der Waals surface area contributed by atoms with E-state index in [-0.39, 0.29) is 0 Å². The Labute approximate surface area is 107 Å². The van der Waals surface area contributed by atoms with Gasteiger partial charge >= 0.3 is 5.97 Å². The molecule has 0 heterocycles. The van der Waals surface area contributed by atoms with Crippen LogP contribution in [0.5, 0.6) is 0 Å². The average Bonchev–Trinajstić information content (AvgIpc) is 2.84. The van der Waals surface area contributed by atoms with Crippen LogP contribution in [0.3, 0.4) is 0 Å². The lowest BCUT2D eigenvalue weighted by Gasteiger charge is -2.19. The smallest absolute Gasteiger partial charge is 0.335 e. The number of methoxy groups -OCH3 is 1. The van der Waals surface area contributed by atoms with E-state index in [1.807, 2.05) is 12.1 Å². The molecule has 1 aliphatic rings. The molecule has 1 aliphatic carbocycles. The lowest BCUT2D eigenvalue weighted by molar-refractivity contribution is 0.0697. The third-order valence-electron chi connectivity index (χ3n) is 3.52. The molecule has 2 unspecified atom stereocenters. The van der Waals surface area contributed by atoms with Crippen molar-refractivity contribution in [3.63, 3.8) is 0 Å². The van der Waals surface area contributed by atoms with E-state index in [4.69, 9.17) is 9.84 Å². The van der Waals surface area contributed by atoms with Gasteiger partial charge in [-0.1, -0.05) is 12.1 Å². The predicted octanol–water partition coefficient (Wildman–Crippen LogP) is 2.04. The Bertz CT molecular complexity index is 402. The van der Waals surface area contributed by atoms with Gasteiger partial charge in [0.2, 0.25) is 0 Å². The van der Waals surface area contributed by atoms with E-state index >= 15 is 0 Å². The average molecular weight is 249 g/mol. The highest BCUT2D eigenvalue weighted by Crippen LogP contribution is 2.21. The van der Waals surface area contributed by atoms with E-state index in [0.29, 0.717) is 17.7 Å². The zero-order chi connectivity index (χ0) is 13.0. The van der Waals surface area contributed by atoms with Gasteiger partial charge in [-0.05, 0) is 37.0 Å². The Morgan fingerprint density at radius 1 is 1.39 bits per heavy atom. The molecular formula is C14H19NO3. The molecule has 4 nitrogen and oxygen atoms in total. The predicted molar refractivity (Wildman–Crippen MR) is 68.7 cm³/mol. The first-order chi connectivity index (χ1) is 8.70. The molecule has 0 radical (unpaired) electrons. The lowest BCUT2D eigenvalue weighted by Crippen LogP contribution is -2.36. The van der Waals surface area contributed by atoms with Crippen LogP contribution in [0.25, 0.3) is 0 Å². The van der Waals surface area contributed by atoms with Crippen molar-refractivity contribution in [2.75, 3.05) is 7.11 Å². The van der Waals surface area contributed by atoms with Gasteiger partial charge in [-0.25, -0.2) is 4.79 Å². The maximum absolute atomic E-state index is 10.7. The molecule has 2 atom stereocenters. The Morgan fingerprint density at radius 2 is 2.11 bits per heavy atom. The molecule has 1 aromatic rings. The van der Waals surface area contributed by atoms with Crippen molar-refractivity contribution in [1.29, 1.82) is 0 Å². The summed E-state index contributed by atoms with van der Waals surface area (Å²) in [5, 5.41) is 12.3. The second kappa shape index (κ2) is 5.98. The van der Waals surface area contributed by atoms with Gasteiger partial charge in [0.15, 0.2) is 0 Å². The standard InChI is InChI=1S/C14H19NO3/c1-18-13-4-2-3-12(13)15-9-10-5-7-11(8-6-10)14(16)17/h5-8,12-13,15H,2-4,9H2,1H3,(H,16,17). The summed E-state index contributed by atoms with van der Waals surface area (Å²) in [5.41, 5.74) is 1.43. The first-order valence-electron chi connectivity index (χ1n) is 6.29. The first kappa shape index (κ1) is 13.1. The van der Waals surface area contributed by atoms with Crippen molar-refractivity contribution < 1.29 is 14.6 Å². The summed E-state index contributed by atoms with van der Waals surface area (Å²) in [6.45, 7) is 0.754. The van der Waals surface area contributed by atoms with Crippen LogP contribution in [0.1, 0.15) is 35.2 Å². The van der Waals surface area contributed by atoms with E-state index in [9.17, 15) is 4.79 Å². The second-order valence-electron chi connectivity index (χ2n) is 4.69. The summed E-state index contributed by atoms with van der Waals surface area (Å²) in [6.07, 6.45) is 3.77. The fourth-order valence-corrected chi connectivity index (χ4v) is 2.46. The van der Waals surface area contributed by atoms with E-state index in [2.05, 4.69) is 5.32 Å². The molecule has 0 aromatic heterocycles. The van der Waals surface area contributed by atoms with Crippen molar-refractivity contribution in [2.45, 2.75) is 38.0 Å². The van der Waals surface area contributed by atoms with Crippen LogP contribution in [0, 0.1) is 0 Å². The molecular weight excluding hydrogens is 230 g/mol. The quantitative estimate of drug-likeness (QED) is 0.838. The van der Waals surface area contributed by atoms with Gasteiger partial charge in [0.1, 0.15) is 0 Å². The molecule has 1 fully saturated rings. The van der Waals surface area contributed by atoms with Crippen LogP contribution < -0.4 is 5.32 Å². The summed E-state index contributed by atoms with van der Waals surface area (Å²) in [4.78, 5) is 10.7. The van der Waals surface area contributed by atoms with Gasteiger partial charge in [0.05, 0.1) is 11.7 Å². The number of carboxylic acids is 1. The van der Waals surface area contributed by atoms with Crippen molar-refractivity contribution in [2.24, 2.45) is 0 Å². The molecule has 18 heavy (non-hydrogen) atoms. The minimum Gasteiger partial charge on any atom is -0.478 e. The van der Waals surface area contributed by atoms with Crippen LogP contribution in [-0.4, -0.2) is 30.3 Å². The van der Waals surface area contributed by atoms with Crippen LogP contribution in [0.2, 0.25) is 0 Å². The molecule has 98 valence electrons. The van der Waals surface area contributed by atoms with Gasteiger partial charge in [0, 0.05) is 19.7 Å². The number of rotatable bonds is 5. The summed E-state index contributed by atoms with van der Waals surface area (Å²) in [6, 6.07) is 7.40. The van der Waals surface area contributed by atoms with Gasteiger partial charge in [-0.3, -0.25) is 0 Å². The van der Waals surface area contributed by atoms with E-state index < -0.39 is 5.97 Å². The Kier molecular flexibility index (Phi) is 4.33. The van der Waals surface area contributed by atoms with Crippen LogP contribution >= 0.6 is 0 Å². The Balaban J connectivity index is 1.88. The summed E-state index contributed by atoms with van der Waals surface area (Å²) in [7, 11) is 1.76. The number of nitrogens with one attached hydrogen (secondary N) is 1. The third-order valence-corrected chi connectivity index (χ3v) is 3.52. The third kappa shape index (κ3) is 3.09. The van der Waals surface area contributed by atoms with Crippen molar-refractivity contribution in [1.82, 2.24) is 5.32 Å². The normalized spacial score (nSPS) is 23.2. The Hall–Kier alpha value is -1.39. The molecule has 0 spiro atoms. The van der Waals surface area contributed by atoms with E-state index in [1.54, 1.807) is 19.2 Å². The van der Waals surface area contributed by atoms with Gasteiger partial charge in [-0.2, -0.15) is 0 Å². The molecule has 0 saturated heterocycles. The molecule has 4 heteroatoms. The second-order valence-corrected chi connectivity index (χ2v) is 4.69. The largest absolute Gasteiger partial charge is 0.478 e. The van der Waals surface area contributed by atoms with Crippen molar-refractivity contribution >= 4 is 5.97 Å². The zero-order valence-electron chi connectivity index (χ0n) is 10.6. The monoisotopic (exact) mass is 249 g/mol. The zero-order valence-corrected chi connectivity index (χ0v) is 10.6. The van der Waals surface area contributed by atoms with E-state index in [0.717, 1.165) is 24.9 Å². The molecule has 0 bridgehead atoms. The highest BCUT2D eigenvalue weighted by Gasteiger charge is 2.26. The van der Waals surface area contributed by atoms with Gasteiger partial charge in [0.25, 0.3) is 0 Å². The number of hydrogen-bond donors (Lipinski definition) is 2. The van der Waals surface area contributed by atoms with Crippen LogP contribution in [-0.2, 0) is 11.3 Å². The lowest BCUT2D eigenvalue weighted by atomic mass is 10.1. The highest BCUT2D eigenvalue weighted by molar-refractivity contribution is 5.87. The van der Waals surface area contributed by atoms with Crippen LogP contribution in [0.4, 0.5) is 0 Å². The SMILES string of the molecule is COC1CCCC1NCc1ccc(C(=O)O)cc1. The molecule has 0 amide bonds. The topological polar surface area (TPSA) is 58.6 Å². The number of carbonyl (C=O) groups is 1. The number of aromatic carboxylic acids is 1. The number of hydrogen-bond acceptors (Lipinski definition) is 3. The summed E-state index contributed by atoms with van der Waals surface area (Å²) < 4.78 is 5.42. The maximum atomic E-state index is 10.7. The number of carboxylic acid groups (broad SMARTS) is 1. The van der Waals surface area contributed by atoms with Crippen LogP contribution in [0.15, 0.2) is 24.3 Å². The Morgan fingerprint density at radius 3 is 2.72 bits per heavy atom. The fourth-order valence-electron chi connectivity index (χ4n) is 2.46. The van der Waals surface area contributed by atoms with Crippen molar-refractivity contribution in [3.8, 4) is 0 Å². The summed E-state index contributed by atoms with van der Waals surface area (Å²) >= 11 is 0. The molecule has 1 aromatic carbocycles. The number of benzene rings is 1. The highest BCUT2D eigenvalue weighted by atomic mass is 16.5. The summed E-state index contributed by atoms with van der Waals surface area (Å²) in [5.74, 6) is -0.884. The molecule has 2 N–H and O–H groups in total. The van der Waals surface area contributed by atoms with Crippen molar-refractivity contribution in [3.05, 3.63) is 35.4 Å². The molecule has 1 saturated carbocycles.